The average molecular weight is 465 g/mol. The van der Waals surface area contributed by atoms with E-state index in [1.165, 1.54) is 5.56 Å². The summed E-state index contributed by atoms with van der Waals surface area (Å²) in [4.78, 5) is 28.0. The molecular weight excluding hydrogens is 443 g/mol. The molecule has 1 N–H and O–H groups in total. The second-order valence-corrected chi connectivity index (χ2v) is 9.50. The molecule has 0 unspecified atom stereocenters. The van der Waals surface area contributed by atoms with Gasteiger partial charge in [-0.25, -0.2) is 4.90 Å². The van der Waals surface area contributed by atoms with Crippen LogP contribution in [0.15, 0.2) is 78.5 Å². The molecule has 0 atom stereocenters. The molecule has 3 aromatic carbocycles. The topological polar surface area (TPSA) is 49.4 Å². The van der Waals surface area contributed by atoms with Crippen LogP contribution < -0.4 is 10.2 Å². The first-order chi connectivity index (χ1) is 15.1. The largest absolute Gasteiger partial charge is 0.350 e. The van der Waals surface area contributed by atoms with Crippen LogP contribution in [0.2, 0.25) is 10.0 Å². The van der Waals surface area contributed by atoms with Gasteiger partial charge < -0.3 is 5.32 Å². The molecule has 0 bridgehead atoms. The van der Waals surface area contributed by atoms with Gasteiger partial charge in [-0.1, -0.05) is 68.2 Å². The predicted octanol–water partition coefficient (Wildman–Crippen LogP) is 6.69. The van der Waals surface area contributed by atoms with Crippen LogP contribution in [-0.4, -0.2) is 11.8 Å². The number of carbonyl (C=O) groups is 2. The van der Waals surface area contributed by atoms with E-state index >= 15 is 0 Å². The van der Waals surface area contributed by atoms with E-state index in [1.54, 1.807) is 48.5 Å². The fourth-order valence-corrected chi connectivity index (χ4v) is 3.80. The molecule has 1 heterocycles. The highest BCUT2D eigenvalue weighted by atomic mass is 35.5. The highest BCUT2D eigenvalue weighted by Crippen LogP contribution is 2.35. The maximum Gasteiger partial charge on any atom is 0.282 e. The standard InChI is InChI=1S/C26H22Cl2N2O2/c1-26(2,3)17-6-12-20(13-7-17)29-23-22(16-4-8-18(27)9-5-16)24(31)30(25(23)32)21-14-10-19(28)11-15-21/h4-15,29H,1-3H3. The van der Waals surface area contributed by atoms with E-state index in [0.29, 0.717) is 26.9 Å². The average Bonchev–Trinajstić information content (AvgIpc) is 2.99. The van der Waals surface area contributed by atoms with Crippen LogP contribution >= 0.6 is 23.2 Å². The molecule has 1 aliphatic rings. The lowest BCUT2D eigenvalue weighted by molar-refractivity contribution is -0.120. The number of imide groups is 1. The number of rotatable bonds is 4. The van der Waals surface area contributed by atoms with E-state index in [2.05, 4.69) is 26.1 Å². The van der Waals surface area contributed by atoms with Gasteiger partial charge in [0.25, 0.3) is 11.8 Å². The Bertz CT molecular complexity index is 1210. The molecule has 3 aromatic rings. The van der Waals surface area contributed by atoms with E-state index in [4.69, 9.17) is 23.2 Å². The number of hydrogen-bond acceptors (Lipinski definition) is 3. The molecule has 0 aliphatic carbocycles. The van der Waals surface area contributed by atoms with Crippen molar-refractivity contribution in [2.45, 2.75) is 26.2 Å². The van der Waals surface area contributed by atoms with Gasteiger partial charge in [0.1, 0.15) is 5.70 Å². The molecule has 0 saturated heterocycles. The van der Waals surface area contributed by atoms with Crippen LogP contribution in [-0.2, 0) is 15.0 Å². The lowest BCUT2D eigenvalue weighted by Crippen LogP contribution is -2.32. The Morgan fingerprint density at radius 3 is 1.78 bits per heavy atom. The van der Waals surface area contributed by atoms with Gasteiger partial charge in [0, 0.05) is 15.7 Å². The Kier molecular flexibility index (Phi) is 5.85. The summed E-state index contributed by atoms with van der Waals surface area (Å²) in [5.41, 5.74) is 3.48. The van der Waals surface area contributed by atoms with Gasteiger partial charge in [-0.15, -0.1) is 0 Å². The molecule has 0 radical (unpaired) electrons. The molecule has 4 rings (SSSR count). The van der Waals surface area contributed by atoms with Crippen molar-refractivity contribution in [2.75, 3.05) is 10.2 Å². The second kappa shape index (κ2) is 8.45. The lowest BCUT2D eigenvalue weighted by Gasteiger charge is -2.19. The van der Waals surface area contributed by atoms with Gasteiger partial charge >= 0.3 is 0 Å². The van der Waals surface area contributed by atoms with Crippen LogP contribution in [0.4, 0.5) is 11.4 Å². The number of nitrogens with zero attached hydrogens (tertiary/aromatic N) is 1. The number of amides is 2. The van der Waals surface area contributed by atoms with Crippen molar-refractivity contribution >= 4 is 52.0 Å². The molecule has 6 heteroatoms. The van der Waals surface area contributed by atoms with Gasteiger partial charge in [0.15, 0.2) is 0 Å². The second-order valence-electron chi connectivity index (χ2n) is 8.63. The third kappa shape index (κ3) is 4.29. The van der Waals surface area contributed by atoms with Crippen molar-refractivity contribution in [3.05, 3.63) is 99.7 Å². The number of anilines is 2. The Morgan fingerprint density at radius 1 is 0.719 bits per heavy atom. The lowest BCUT2D eigenvalue weighted by atomic mass is 9.87. The van der Waals surface area contributed by atoms with Crippen LogP contribution in [0, 0.1) is 0 Å². The first-order valence-electron chi connectivity index (χ1n) is 10.2. The SMILES string of the molecule is CC(C)(C)c1ccc(NC2=C(c3ccc(Cl)cc3)C(=O)N(c3ccc(Cl)cc3)C2=O)cc1. The minimum absolute atomic E-state index is 0.0107. The summed E-state index contributed by atoms with van der Waals surface area (Å²) in [5, 5.41) is 4.26. The zero-order chi connectivity index (χ0) is 23.0. The third-order valence-corrected chi connectivity index (χ3v) is 5.83. The Labute approximate surface area is 197 Å². The minimum Gasteiger partial charge on any atom is -0.350 e. The van der Waals surface area contributed by atoms with Gasteiger partial charge in [0.2, 0.25) is 0 Å². The zero-order valence-corrected chi connectivity index (χ0v) is 19.5. The van der Waals surface area contributed by atoms with Crippen LogP contribution in [0.25, 0.3) is 5.57 Å². The van der Waals surface area contributed by atoms with E-state index < -0.39 is 11.8 Å². The van der Waals surface area contributed by atoms with Crippen LogP contribution in [0.1, 0.15) is 31.9 Å². The summed E-state index contributed by atoms with van der Waals surface area (Å²) in [6.07, 6.45) is 0. The summed E-state index contributed by atoms with van der Waals surface area (Å²) in [6, 6.07) is 21.3. The number of hydrogen-bond donors (Lipinski definition) is 1. The van der Waals surface area contributed by atoms with Gasteiger partial charge in [-0.2, -0.15) is 0 Å². The van der Waals surface area contributed by atoms with Gasteiger partial charge in [-0.05, 0) is 65.1 Å². The fraction of sp³-hybridized carbons (Fsp3) is 0.154. The predicted molar refractivity (Wildman–Crippen MR) is 131 cm³/mol. The molecule has 0 saturated carbocycles. The Balaban J connectivity index is 1.77. The van der Waals surface area contributed by atoms with Gasteiger partial charge in [0.05, 0.1) is 11.3 Å². The highest BCUT2D eigenvalue weighted by molar-refractivity contribution is 6.46. The van der Waals surface area contributed by atoms with Crippen LogP contribution in [0.5, 0.6) is 0 Å². The smallest absolute Gasteiger partial charge is 0.282 e. The summed E-state index contributed by atoms with van der Waals surface area (Å²) >= 11 is 12.0. The molecule has 2 amide bonds. The van der Waals surface area contributed by atoms with Crippen molar-refractivity contribution in [1.82, 2.24) is 0 Å². The number of halogens is 2. The maximum atomic E-state index is 13.4. The number of benzene rings is 3. The van der Waals surface area contributed by atoms with E-state index in [0.717, 1.165) is 10.6 Å². The van der Waals surface area contributed by atoms with Crippen molar-refractivity contribution in [3.8, 4) is 0 Å². The molecule has 0 aromatic heterocycles. The van der Waals surface area contributed by atoms with Crippen molar-refractivity contribution in [3.63, 3.8) is 0 Å². The van der Waals surface area contributed by atoms with Crippen LogP contribution in [0.3, 0.4) is 0 Å². The maximum absolute atomic E-state index is 13.4. The highest BCUT2D eigenvalue weighted by Gasteiger charge is 2.40. The van der Waals surface area contributed by atoms with E-state index in [-0.39, 0.29) is 11.1 Å². The number of carbonyl (C=O) groups excluding carboxylic acids is 2. The molecule has 32 heavy (non-hydrogen) atoms. The zero-order valence-electron chi connectivity index (χ0n) is 17.9. The molecule has 162 valence electrons. The first kappa shape index (κ1) is 22.1. The summed E-state index contributed by atoms with van der Waals surface area (Å²) in [5.74, 6) is -0.837. The molecule has 1 aliphatic heterocycles. The monoisotopic (exact) mass is 464 g/mol. The third-order valence-electron chi connectivity index (χ3n) is 5.32. The summed E-state index contributed by atoms with van der Waals surface area (Å²) < 4.78 is 0. The summed E-state index contributed by atoms with van der Waals surface area (Å²) in [7, 11) is 0. The summed E-state index contributed by atoms with van der Waals surface area (Å²) in [6.45, 7) is 6.42. The van der Waals surface area contributed by atoms with Crippen molar-refractivity contribution < 1.29 is 9.59 Å². The number of nitrogens with one attached hydrogen (secondary N) is 1. The fourth-order valence-electron chi connectivity index (χ4n) is 3.55. The van der Waals surface area contributed by atoms with Crippen molar-refractivity contribution in [2.24, 2.45) is 0 Å². The molecular formula is C26H22Cl2N2O2. The molecule has 4 nitrogen and oxygen atoms in total. The quantitative estimate of drug-likeness (QED) is 0.437. The molecule has 0 fully saturated rings. The normalized spacial score (nSPS) is 14.3. The Hall–Kier alpha value is -3.08. The Morgan fingerprint density at radius 2 is 1.25 bits per heavy atom. The van der Waals surface area contributed by atoms with Crippen molar-refractivity contribution in [1.29, 1.82) is 0 Å². The first-order valence-corrected chi connectivity index (χ1v) is 10.9. The molecule has 0 spiro atoms. The minimum atomic E-state index is -0.429. The van der Waals surface area contributed by atoms with E-state index in [9.17, 15) is 9.59 Å². The van der Waals surface area contributed by atoms with Gasteiger partial charge in [-0.3, -0.25) is 9.59 Å². The van der Waals surface area contributed by atoms with E-state index in [1.807, 2.05) is 24.3 Å².